The lowest BCUT2D eigenvalue weighted by molar-refractivity contribution is 0.949. The largest absolute Gasteiger partial charge is 0.309 e. The minimum atomic E-state index is 0.804. The number of aryl methyl sites for hydroxylation is 1. The number of imidazole rings is 1. The van der Waals surface area contributed by atoms with Crippen LogP contribution in [0.25, 0.3) is 17.1 Å². The molecular weight excluding hydrogens is 262 g/mol. The number of aromatic nitrogens is 4. The van der Waals surface area contributed by atoms with Gasteiger partial charge in [0, 0.05) is 31.3 Å². The highest BCUT2D eigenvalue weighted by atomic mass is 15.3. The minimum absolute atomic E-state index is 0.804. The van der Waals surface area contributed by atoms with Crippen LogP contribution in [0.15, 0.2) is 43.0 Å². The molecule has 4 rings (SSSR count). The van der Waals surface area contributed by atoms with Gasteiger partial charge in [0.1, 0.15) is 11.6 Å². The standard InChI is InChI=1S/C16H15N5/c1-3-20-14-12(5-4-7-17-14)15-19-9-10-21(15)13-11(2)6-8-18-16(13)20/h4-10H,3H2,1-2H3. The summed E-state index contributed by atoms with van der Waals surface area (Å²) >= 11 is 0. The Bertz CT molecular complexity index is 821. The van der Waals surface area contributed by atoms with Crippen molar-refractivity contribution in [2.45, 2.75) is 13.8 Å². The zero-order chi connectivity index (χ0) is 14.4. The molecule has 3 aromatic rings. The van der Waals surface area contributed by atoms with E-state index in [1.807, 2.05) is 36.9 Å². The van der Waals surface area contributed by atoms with Crippen LogP contribution < -0.4 is 4.90 Å². The number of nitrogens with zero attached hydrogens (tertiary/aromatic N) is 5. The van der Waals surface area contributed by atoms with E-state index >= 15 is 0 Å². The molecule has 0 spiro atoms. The van der Waals surface area contributed by atoms with Gasteiger partial charge in [0.05, 0.1) is 11.3 Å². The molecule has 5 nitrogen and oxygen atoms in total. The molecule has 104 valence electrons. The van der Waals surface area contributed by atoms with E-state index in [2.05, 4.69) is 44.3 Å². The van der Waals surface area contributed by atoms with Crippen LogP contribution in [0.2, 0.25) is 0 Å². The summed E-state index contributed by atoms with van der Waals surface area (Å²) in [7, 11) is 0. The van der Waals surface area contributed by atoms with Gasteiger partial charge in [-0.1, -0.05) is 0 Å². The first-order chi connectivity index (χ1) is 10.3. The molecule has 0 atom stereocenters. The lowest BCUT2D eigenvalue weighted by Crippen LogP contribution is -2.20. The fourth-order valence-electron chi connectivity index (χ4n) is 2.90. The summed E-state index contributed by atoms with van der Waals surface area (Å²) in [4.78, 5) is 15.9. The van der Waals surface area contributed by atoms with Gasteiger partial charge < -0.3 is 4.90 Å². The van der Waals surface area contributed by atoms with E-state index in [-0.39, 0.29) is 0 Å². The molecule has 0 saturated heterocycles. The lowest BCUT2D eigenvalue weighted by Gasteiger charge is -2.22. The van der Waals surface area contributed by atoms with Crippen LogP contribution in [0.4, 0.5) is 11.6 Å². The summed E-state index contributed by atoms with van der Waals surface area (Å²) in [5.74, 6) is 2.74. The number of anilines is 2. The normalized spacial score (nSPS) is 12.4. The Labute approximate surface area is 122 Å². The minimum Gasteiger partial charge on any atom is -0.309 e. The fraction of sp³-hybridized carbons (Fsp3) is 0.188. The van der Waals surface area contributed by atoms with E-state index in [1.165, 1.54) is 5.56 Å². The molecular formula is C16H15N5. The summed E-state index contributed by atoms with van der Waals surface area (Å²) in [6.07, 6.45) is 7.47. The molecule has 3 aromatic heterocycles. The molecule has 0 amide bonds. The van der Waals surface area contributed by atoms with Gasteiger partial charge in [-0.15, -0.1) is 0 Å². The third-order valence-electron chi connectivity index (χ3n) is 3.84. The van der Waals surface area contributed by atoms with Crippen molar-refractivity contribution in [1.82, 2.24) is 19.5 Å². The maximum Gasteiger partial charge on any atom is 0.158 e. The summed E-state index contributed by atoms with van der Waals surface area (Å²) in [6.45, 7) is 5.01. The smallest absolute Gasteiger partial charge is 0.158 e. The van der Waals surface area contributed by atoms with Crippen LogP contribution in [0.1, 0.15) is 12.5 Å². The SMILES string of the molecule is CCN1c2ncccc2-c2nccn2-c2c(C)ccnc21. The van der Waals surface area contributed by atoms with E-state index in [9.17, 15) is 0 Å². The van der Waals surface area contributed by atoms with Crippen LogP contribution in [0.3, 0.4) is 0 Å². The van der Waals surface area contributed by atoms with E-state index in [1.54, 1.807) is 0 Å². The van der Waals surface area contributed by atoms with E-state index in [0.29, 0.717) is 0 Å². The van der Waals surface area contributed by atoms with Gasteiger partial charge >= 0.3 is 0 Å². The molecule has 0 radical (unpaired) electrons. The van der Waals surface area contributed by atoms with Gasteiger partial charge in [-0.05, 0) is 37.6 Å². The monoisotopic (exact) mass is 277 g/mol. The second kappa shape index (κ2) is 4.41. The molecule has 0 aliphatic carbocycles. The lowest BCUT2D eigenvalue weighted by atomic mass is 10.2. The number of pyridine rings is 2. The third kappa shape index (κ3) is 1.60. The van der Waals surface area contributed by atoms with Gasteiger partial charge in [0.25, 0.3) is 0 Å². The van der Waals surface area contributed by atoms with Gasteiger partial charge in [-0.3, -0.25) is 4.57 Å². The fourth-order valence-corrected chi connectivity index (χ4v) is 2.90. The average Bonchev–Trinajstić information content (AvgIpc) is 2.94. The molecule has 0 aromatic carbocycles. The van der Waals surface area contributed by atoms with Crippen LogP contribution >= 0.6 is 0 Å². The van der Waals surface area contributed by atoms with Crippen LogP contribution in [-0.2, 0) is 0 Å². The number of hydrogen-bond donors (Lipinski definition) is 0. The van der Waals surface area contributed by atoms with Crippen molar-refractivity contribution < 1.29 is 0 Å². The molecule has 21 heavy (non-hydrogen) atoms. The summed E-state index contributed by atoms with van der Waals surface area (Å²) < 4.78 is 2.10. The first-order valence-corrected chi connectivity index (χ1v) is 7.03. The molecule has 0 N–H and O–H groups in total. The molecule has 1 aliphatic rings. The van der Waals surface area contributed by atoms with Crippen LogP contribution in [0.5, 0.6) is 0 Å². The van der Waals surface area contributed by atoms with Crippen LogP contribution in [0, 0.1) is 6.92 Å². The van der Waals surface area contributed by atoms with Crippen LogP contribution in [-0.4, -0.2) is 26.1 Å². The maximum atomic E-state index is 4.61. The first kappa shape index (κ1) is 12.1. The van der Waals surface area contributed by atoms with Crippen molar-refractivity contribution in [3.05, 3.63) is 48.5 Å². The summed E-state index contributed by atoms with van der Waals surface area (Å²) in [5.41, 5.74) is 3.28. The predicted molar refractivity (Wildman–Crippen MR) is 82.0 cm³/mol. The van der Waals surface area contributed by atoms with E-state index in [0.717, 1.165) is 35.3 Å². The Balaban J connectivity index is 2.16. The number of rotatable bonds is 1. The van der Waals surface area contributed by atoms with Crippen molar-refractivity contribution in [2.75, 3.05) is 11.4 Å². The van der Waals surface area contributed by atoms with Crippen molar-refractivity contribution in [1.29, 1.82) is 0 Å². The Morgan fingerprint density at radius 3 is 2.71 bits per heavy atom. The molecule has 0 bridgehead atoms. The second-order valence-electron chi connectivity index (χ2n) is 5.04. The summed E-state index contributed by atoms with van der Waals surface area (Å²) in [6, 6.07) is 6.03. The van der Waals surface area contributed by atoms with Gasteiger partial charge in [0.15, 0.2) is 5.82 Å². The van der Waals surface area contributed by atoms with Crippen molar-refractivity contribution in [3.8, 4) is 17.1 Å². The van der Waals surface area contributed by atoms with Crippen molar-refractivity contribution in [2.24, 2.45) is 0 Å². The molecule has 4 heterocycles. The Morgan fingerprint density at radius 1 is 1.00 bits per heavy atom. The predicted octanol–water partition coefficient (Wildman–Crippen LogP) is 3.11. The average molecular weight is 277 g/mol. The maximum absolute atomic E-state index is 4.61. The molecule has 1 aliphatic heterocycles. The molecule has 0 unspecified atom stereocenters. The van der Waals surface area contributed by atoms with E-state index in [4.69, 9.17) is 0 Å². The highest BCUT2D eigenvalue weighted by molar-refractivity contribution is 5.83. The quantitative estimate of drug-likeness (QED) is 0.685. The molecule has 0 fully saturated rings. The van der Waals surface area contributed by atoms with Gasteiger partial charge in [0.2, 0.25) is 0 Å². The third-order valence-corrected chi connectivity index (χ3v) is 3.84. The van der Waals surface area contributed by atoms with Crippen molar-refractivity contribution >= 4 is 11.6 Å². The Morgan fingerprint density at radius 2 is 1.86 bits per heavy atom. The van der Waals surface area contributed by atoms with Crippen molar-refractivity contribution in [3.63, 3.8) is 0 Å². The number of hydrogen-bond acceptors (Lipinski definition) is 4. The Hall–Kier alpha value is -2.69. The second-order valence-corrected chi connectivity index (χ2v) is 5.04. The highest BCUT2D eigenvalue weighted by Crippen LogP contribution is 2.40. The Kier molecular flexibility index (Phi) is 2.54. The zero-order valence-corrected chi connectivity index (χ0v) is 12.0. The highest BCUT2D eigenvalue weighted by Gasteiger charge is 2.27. The molecule has 0 saturated carbocycles. The van der Waals surface area contributed by atoms with E-state index < -0.39 is 0 Å². The van der Waals surface area contributed by atoms with Gasteiger partial charge in [-0.25, -0.2) is 15.0 Å². The summed E-state index contributed by atoms with van der Waals surface area (Å²) in [5, 5.41) is 0. The topological polar surface area (TPSA) is 46.8 Å². The zero-order valence-electron chi connectivity index (χ0n) is 12.0. The van der Waals surface area contributed by atoms with Gasteiger partial charge in [-0.2, -0.15) is 0 Å². The molecule has 5 heteroatoms. The number of fused-ring (bicyclic) bond motifs is 5. The first-order valence-electron chi connectivity index (χ1n) is 7.03.